The number of carbonyl (C=O) groups is 2. The molecule has 6 N–H and O–H groups in total. The van der Waals surface area contributed by atoms with Crippen LogP contribution < -0.4 is 5.32 Å². The van der Waals surface area contributed by atoms with Gasteiger partial charge in [0.25, 0.3) is 0 Å². The van der Waals surface area contributed by atoms with Gasteiger partial charge in [0.2, 0.25) is 5.91 Å². The fourth-order valence-electron chi connectivity index (χ4n) is 8.68. The molecule has 0 radical (unpaired) electrons. The average molecular weight is 1000 g/mol. The molecule has 0 aromatic carbocycles. The summed E-state index contributed by atoms with van der Waals surface area (Å²) >= 11 is 0. The second kappa shape index (κ2) is 48.1. The molecule has 0 bridgehead atoms. The highest BCUT2D eigenvalue weighted by Gasteiger charge is 2.47. The Bertz CT molecular complexity index is 1430. The Hall–Kier alpha value is -2.90. The third-order valence-electron chi connectivity index (χ3n) is 13.3. The largest absolute Gasteiger partial charge is 0.454 e. The summed E-state index contributed by atoms with van der Waals surface area (Å²) in [5.41, 5.74) is 0. The molecule has 1 amide bonds. The molecule has 1 heterocycles. The molecular weight excluding hydrogens is 895 g/mol. The highest BCUT2D eigenvalue weighted by atomic mass is 16.7. The molecule has 0 spiro atoms. The fraction of sp³-hybridized carbons (Fsp3) is 0.767. The van der Waals surface area contributed by atoms with E-state index in [0.717, 1.165) is 51.4 Å². The Morgan fingerprint density at radius 1 is 0.563 bits per heavy atom. The lowest BCUT2D eigenvalue weighted by atomic mass is 9.99. The third-order valence-corrected chi connectivity index (χ3v) is 13.3. The average Bonchev–Trinajstić information content (AvgIpc) is 3.37. The second-order valence-corrected chi connectivity index (χ2v) is 19.8. The van der Waals surface area contributed by atoms with E-state index in [4.69, 9.17) is 14.2 Å². The lowest BCUT2D eigenvalue weighted by Gasteiger charge is -2.41. The van der Waals surface area contributed by atoms with Gasteiger partial charge in [-0.15, -0.1) is 0 Å². The zero-order chi connectivity index (χ0) is 51.8. The van der Waals surface area contributed by atoms with Gasteiger partial charge >= 0.3 is 5.97 Å². The van der Waals surface area contributed by atoms with Crippen molar-refractivity contribution in [2.75, 3.05) is 13.2 Å². The SMILES string of the molecule is CC/C=C/C=C/C=C\C=C/C=C/CCCC(=O)OC1C(OCC(NC(=O)C(O)CCCCCCCCCCCCCCCCCCCC)C(O)/C=C/CCCCCCCCCCC)OC(CO)C(O)C1O. The third kappa shape index (κ3) is 36.6. The summed E-state index contributed by atoms with van der Waals surface area (Å²) in [5, 5.41) is 56.7. The van der Waals surface area contributed by atoms with E-state index < -0.39 is 67.4 Å². The molecule has 71 heavy (non-hydrogen) atoms. The topological polar surface area (TPSA) is 175 Å². The summed E-state index contributed by atoms with van der Waals surface area (Å²) in [6.45, 7) is 5.59. The highest BCUT2D eigenvalue weighted by molar-refractivity contribution is 5.80. The van der Waals surface area contributed by atoms with Gasteiger partial charge in [-0.3, -0.25) is 9.59 Å². The number of esters is 1. The van der Waals surface area contributed by atoms with Crippen LogP contribution in [-0.2, 0) is 23.8 Å². The van der Waals surface area contributed by atoms with Crippen LogP contribution in [0.25, 0.3) is 0 Å². The number of ether oxygens (including phenoxy) is 3. The molecule has 0 saturated carbocycles. The molecule has 1 aliphatic heterocycles. The Labute approximate surface area is 432 Å². The fourth-order valence-corrected chi connectivity index (χ4v) is 8.68. The van der Waals surface area contributed by atoms with Crippen LogP contribution in [0.2, 0.25) is 0 Å². The lowest BCUT2D eigenvalue weighted by molar-refractivity contribution is -0.305. The minimum Gasteiger partial charge on any atom is -0.454 e. The van der Waals surface area contributed by atoms with Crippen molar-refractivity contribution in [3.63, 3.8) is 0 Å². The number of aliphatic hydroxyl groups excluding tert-OH is 5. The van der Waals surface area contributed by atoms with Crippen molar-refractivity contribution in [2.45, 2.75) is 282 Å². The molecule has 11 nitrogen and oxygen atoms in total. The van der Waals surface area contributed by atoms with Gasteiger partial charge in [-0.25, -0.2) is 0 Å². The van der Waals surface area contributed by atoms with Crippen LogP contribution in [0.3, 0.4) is 0 Å². The van der Waals surface area contributed by atoms with Gasteiger partial charge in [-0.1, -0.05) is 261 Å². The Kier molecular flexibility index (Phi) is 44.8. The van der Waals surface area contributed by atoms with E-state index in [-0.39, 0.29) is 19.4 Å². The summed E-state index contributed by atoms with van der Waals surface area (Å²) in [7, 11) is 0. The van der Waals surface area contributed by atoms with E-state index in [2.05, 4.69) is 32.2 Å². The second-order valence-electron chi connectivity index (χ2n) is 19.8. The van der Waals surface area contributed by atoms with Crippen molar-refractivity contribution in [2.24, 2.45) is 0 Å². The standard InChI is InChI=1S/C60H105NO10/c1-4-7-10-13-16-19-22-24-25-26-27-28-30-32-35-38-41-44-47-53(64)59(68)61-51(52(63)46-43-40-37-34-31-21-18-15-12-9-6-3)50-69-60-58(57(67)56(66)54(49-62)70-60)71-55(65)48-45-42-39-36-33-29-23-20-17-14-11-8-5-2/h8,11,14,17,20,23,29,33,36,39,43,46,51-54,56-58,60,62-64,66-67H,4-7,9-10,12-13,15-16,18-19,21-22,24-28,30-32,34-35,37-38,40-42,44-45,47-50H2,1-3H3,(H,61,68)/b11-8+,17-14+,23-20-,33-29-,39-36+,46-43+. The summed E-state index contributed by atoms with van der Waals surface area (Å²) in [4.78, 5) is 26.4. The number of hydrogen-bond donors (Lipinski definition) is 6. The van der Waals surface area contributed by atoms with Crippen molar-refractivity contribution < 1.29 is 49.3 Å². The van der Waals surface area contributed by atoms with Gasteiger partial charge in [0.05, 0.1) is 25.4 Å². The van der Waals surface area contributed by atoms with Gasteiger partial charge in [-0.05, 0) is 38.5 Å². The van der Waals surface area contributed by atoms with Gasteiger partial charge in [-0.2, -0.15) is 0 Å². The first-order valence-electron chi connectivity index (χ1n) is 28.8. The first-order chi connectivity index (χ1) is 34.7. The van der Waals surface area contributed by atoms with E-state index in [1.165, 1.54) is 128 Å². The maximum atomic E-state index is 13.4. The molecule has 8 unspecified atom stereocenters. The number of unbranched alkanes of at least 4 members (excludes halogenated alkanes) is 27. The van der Waals surface area contributed by atoms with Crippen LogP contribution in [-0.4, -0.2) is 99.6 Å². The van der Waals surface area contributed by atoms with E-state index in [0.29, 0.717) is 19.3 Å². The van der Waals surface area contributed by atoms with Crippen LogP contribution in [0.5, 0.6) is 0 Å². The van der Waals surface area contributed by atoms with Crippen molar-refractivity contribution in [1.29, 1.82) is 0 Å². The number of hydrogen-bond acceptors (Lipinski definition) is 10. The van der Waals surface area contributed by atoms with Gasteiger partial charge < -0.3 is 45.1 Å². The summed E-state index contributed by atoms with van der Waals surface area (Å²) in [5.74, 6) is -1.27. The Morgan fingerprint density at radius 2 is 1.01 bits per heavy atom. The summed E-state index contributed by atoms with van der Waals surface area (Å²) in [6, 6.07) is -1.04. The zero-order valence-corrected chi connectivity index (χ0v) is 45.1. The molecule has 1 saturated heterocycles. The number of rotatable bonds is 47. The van der Waals surface area contributed by atoms with Crippen LogP contribution in [0, 0.1) is 0 Å². The molecule has 11 heteroatoms. The molecule has 1 aliphatic rings. The molecule has 0 aromatic heterocycles. The van der Waals surface area contributed by atoms with Crippen LogP contribution >= 0.6 is 0 Å². The van der Waals surface area contributed by atoms with Crippen molar-refractivity contribution >= 4 is 11.9 Å². The minimum absolute atomic E-state index is 0.0258. The zero-order valence-electron chi connectivity index (χ0n) is 45.1. The first-order valence-corrected chi connectivity index (χ1v) is 28.8. The van der Waals surface area contributed by atoms with Crippen LogP contribution in [0.15, 0.2) is 72.9 Å². The predicted molar refractivity (Wildman–Crippen MR) is 292 cm³/mol. The smallest absolute Gasteiger partial charge is 0.306 e. The Balaban J connectivity index is 2.73. The van der Waals surface area contributed by atoms with Gasteiger partial charge in [0, 0.05) is 6.42 Å². The summed E-state index contributed by atoms with van der Waals surface area (Å²) in [6.07, 6.45) is 49.6. The summed E-state index contributed by atoms with van der Waals surface area (Å²) < 4.78 is 17.5. The van der Waals surface area contributed by atoms with Crippen molar-refractivity contribution in [1.82, 2.24) is 5.32 Å². The highest BCUT2D eigenvalue weighted by Crippen LogP contribution is 2.26. The van der Waals surface area contributed by atoms with E-state index in [1.54, 1.807) is 6.08 Å². The molecule has 8 atom stereocenters. The Morgan fingerprint density at radius 3 is 1.51 bits per heavy atom. The minimum atomic E-state index is -1.64. The maximum absolute atomic E-state index is 13.4. The van der Waals surface area contributed by atoms with E-state index in [9.17, 15) is 35.1 Å². The van der Waals surface area contributed by atoms with Gasteiger partial charge in [0.1, 0.15) is 24.4 Å². The van der Waals surface area contributed by atoms with Crippen molar-refractivity contribution in [3.05, 3.63) is 72.9 Å². The van der Waals surface area contributed by atoms with Gasteiger partial charge in [0.15, 0.2) is 12.4 Å². The lowest BCUT2D eigenvalue weighted by Crippen LogP contribution is -2.61. The number of allylic oxidation sites excluding steroid dienone is 11. The predicted octanol–water partition coefficient (Wildman–Crippen LogP) is 12.8. The number of carbonyl (C=O) groups excluding carboxylic acids is 2. The quantitative estimate of drug-likeness (QED) is 0.0149. The normalized spacial score (nSPS) is 20.1. The molecule has 410 valence electrons. The molecule has 1 rings (SSSR count). The van der Waals surface area contributed by atoms with Crippen LogP contribution in [0.1, 0.15) is 233 Å². The van der Waals surface area contributed by atoms with E-state index >= 15 is 0 Å². The maximum Gasteiger partial charge on any atom is 0.306 e. The molecule has 1 fully saturated rings. The number of amides is 1. The monoisotopic (exact) mass is 1000 g/mol. The van der Waals surface area contributed by atoms with Crippen molar-refractivity contribution in [3.8, 4) is 0 Å². The molecule has 0 aliphatic carbocycles. The van der Waals surface area contributed by atoms with E-state index in [1.807, 2.05) is 60.8 Å². The first kappa shape index (κ1) is 66.1. The number of nitrogens with one attached hydrogen (secondary N) is 1. The number of aliphatic hydroxyl groups is 5. The molecule has 0 aromatic rings. The van der Waals surface area contributed by atoms with Crippen LogP contribution in [0.4, 0.5) is 0 Å². The molecular formula is C60H105NO10.